The number of hydrogen-bond donors (Lipinski definition) is 1. The number of rotatable bonds is 6. The molecule has 1 aromatic rings. The highest BCUT2D eigenvalue weighted by Gasteiger charge is 2.21. The normalized spacial score (nSPS) is 14.9. The second kappa shape index (κ2) is 5.56. The Morgan fingerprint density at radius 2 is 2.35 bits per heavy atom. The van der Waals surface area contributed by atoms with E-state index in [1.54, 1.807) is 12.3 Å². The maximum Gasteiger partial charge on any atom is 0.147 e. The fraction of sp³-hybridized carbons (Fsp3) is 0.583. The maximum absolute atomic E-state index is 6.07. The van der Waals surface area contributed by atoms with Gasteiger partial charge in [-0.25, -0.2) is 4.98 Å². The fourth-order valence-electron chi connectivity index (χ4n) is 1.57. The molecule has 1 saturated carbocycles. The van der Waals surface area contributed by atoms with Crippen LogP contribution in [0.2, 0.25) is 5.02 Å². The largest absolute Gasteiger partial charge is 0.397 e. The molecule has 0 aliphatic heterocycles. The molecule has 4 nitrogen and oxygen atoms in total. The zero-order valence-corrected chi connectivity index (χ0v) is 10.8. The van der Waals surface area contributed by atoms with Crippen molar-refractivity contribution in [3.63, 3.8) is 0 Å². The van der Waals surface area contributed by atoms with Crippen molar-refractivity contribution >= 4 is 23.1 Å². The average molecular weight is 256 g/mol. The molecule has 0 atom stereocenters. The number of nitrogens with zero attached hydrogens (tertiary/aromatic N) is 2. The second-order valence-electron chi connectivity index (χ2n) is 4.51. The van der Waals surface area contributed by atoms with Gasteiger partial charge in [-0.3, -0.25) is 0 Å². The van der Waals surface area contributed by atoms with Crippen LogP contribution in [-0.2, 0) is 4.74 Å². The molecule has 0 amide bonds. The van der Waals surface area contributed by atoms with Gasteiger partial charge in [0.1, 0.15) is 5.82 Å². The van der Waals surface area contributed by atoms with Crippen LogP contribution in [0.25, 0.3) is 0 Å². The van der Waals surface area contributed by atoms with E-state index >= 15 is 0 Å². The SMILES string of the molecule is CN(CCOCC1CC1)c1ncc(N)cc1Cl. The summed E-state index contributed by atoms with van der Waals surface area (Å²) in [5, 5.41) is 0.578. The number of aromatic nitrogens is 1. The van der Waals surface area contributed by atoms with Gasteiger partial charge < -0.3 is 15.4 Å². The van der Waals surface area contributed by atoms with Crippen molar-refractivity contribution in [3.8, 4) is 0 Å². The summed E-state index contributed by atoms with van der Waals surface area (Å²) < 4.78 is 5.58. The first kappa shape index (κ1) is 12.5. The molecule has 17 heavy (non-hydrogen) atoms. The van der Waals surface area contributed by atoms with Gasteiger partial charge in [-0.05, 0) is 24.8 Å². The van der Waals surface area contributed by atoms with Gasteiger partial charge in [0, 0.05) is 20.2 Å². The number of likely N-dealkylation sites (N-methyl/N-ethyl adjacent to an activating group) is 1. The number of ether oxygens (including phenoxy) is 1. The predicted octanol–water partition coefficient (Wildman–Crippen LogP) is 2.18. The van der Waals surface area contributed by atoms with E-state index in [1.807, 2.05) is 11.9 Å². The van der Waals surface area contributed by atoms with Gasteiger partial charge in [-0.15, -0.1) is 0 Å². The molecule has 0 saturated heterocycles. The molecular weight excluding hydrogens is 238 g/mol. The van der Waals surface area contributed by atoms with Gasteiger partial charge in [0.2, 0.25) is 0 Å². The molecular formula is C12H18ClN3O. The molecule has 1 fully saturated rings. The highest BCUT2D eigenvalue weighted by molar-refractivity contribution is 6.33. The summed E-state index contributed by atoms with van der Waals surface area (Å²) in [6.07, 6.45) is 4.26. The molecule has 2 rings (SSSR count). The highest BCUT2D eigenvalue weighted by Crippen LogP contribution is 2.28. The lowest BCUT2D eigenvalue weighted by atomic mass is 10.4. The Balaban J connectivity index is 1.78. The smallest absolute Gasteiger partial charge is 0.147 e. The van der Waals surface area contributed by atoms with E-state index in [0.29, 0.717) is 17.3 Å². The number of hydrogen-bond acceptors (Lipinski definition) is 4. The maximum atomic E-state index is 6.07. The van der Waals surface area contributed by atoms with E-state index in [9.17, 15) is 0 Å². The Hall–Kier alpha value is -1.00. The zero-order valence-electron chi connectivity index (χ0n) is 10.0. The number of nitrogens with two attached hydrogens (primary N) is 1. The standard InChI is InChI=1S/C12H18ClN3O/c1-16(4-5-17-8-9-2-3-9)12-11(13)6-10(14)7-15-12/h6-7,9H,2-5,8,14H2,1H3. The quantitative estimate of drug-likeness (QED) is 0.792. The molecule has 1 aliphatic carbocycles. The van der Waals surface area contributed by atoms with Crippen molar-refractivity contribution in [1.82, 2.24) is 4.98 Å². The Labute approximate surface area is 107 Å². The van der Waals surface area contributed by atoms with Crippen LogP contribution in [0.5, 0.6) is 0 Å². The van der Waals surface area contributed by atoms with Crippen LogP contribution in [0.15, 0.2) is 12.3 Å². The first-order chi connectivity index (χ1) is 8.16. The van der Waals surface area contributed by atoms with Crippen LogP contribution in [0.1, 0.15) is 12.8 Å². The van der Waals surface area contributed by atoms with Gasteiger partial charge in [-0.1, -0.05) is 11.6 Å². The monoisotopic (exact) mass is 255 g/mol. The summed E-state index contributed by atoms with van der Waals surface area (Å²) in [6.45, 7) is 2.37. The molecule has 1 aromatic heterocycles. The Bertz CT molecular complexity index is 382. The molecule has 0 aromatic carbocycles. The molecule has 1 heterocycles. The summed E-state index contributed by atoms with van der Waals surface area (Å²) in [5.41, 5.74) is 6.18. The van der Waals surface area contributed by atoms with Crippen molar-refractivity contribution in [1.29, 1.82) is 0 Å². The topological polar surface area (TPSA) is 51.4 Å². The van der Waals surface area contributed by atoms with Crippen molar-refractivity contribution in [2.45, 2.75) is 12.8 Å². The van der Waals surface area contributed by atoms with E-state index in [1.165, 1.54) is 12.8 Å². The zero-order chi connectivity index (χ0) is 12.3. The van der Waals surface area contributed by atoms with Gasteiger partial charge >= 0.3 is 0 Å². The minimum atomic E-state index is 0.578. The van der Waals surface area contributed by atoms with Gasteiger partial charge in [0.05, 0.1) is 23.5 Å². The van der Waals surface area contributed by atoms with E-state index in [-0.39, 0.29) is 0 Å². The summed E-state index contributed by atoms with van der Waals surface area (Å²) in [4.78, 5) is 6.20. The molecule has 0 radical (unpaired) electrons. The van der Waals surface area contributed by atoms with Crippen LogP contribution < -0.4 is 10.6 Å². The third-order valence-electron chi connectivity index (χ3n) is 2.83. The van der Waals surface area contributed by atoms with Crippen LogP contribution in [0, 0.1) is 5.92 Å². The fourth-order valence-corrected chi connectivity index (χ4v) is 1.89. The van der Waals surface area contributed by atoms with E-state index in [2.05, 4.69) is 4.98 Å². The minimum Gasteiger partial charge on any atom is -0.397 e. The van der Waals surface area contributed by atoms with Gasteiger partial charge in [0.15, 0.2) is 0 Å². The Morgan fingerprint density at radius 1 is 1.59 bits per heavy atom. The van der Waals surface area contributed by atoms with Crippen molar-refractivity contribution < 1.29 is 4.74 Å². The lowest BCUT2D eigenvalue weighted by Crippen LogP contribution is -2.24. The number of nitrogen functional groups attached to an aromatic ring is 1. The molecule has 0 bridgehead atoms. The summed E-state index contributed by atoms with van der Waals surface area (Å²) in [5.74, 6) is 1.55. The van der Waals surface area contributed by atoms with E-state index in [0.717, 1.165) is 24.9 Å². The van der Waals surface area contributed by atoms with E-state index in [4.69, 9.17) is 22.1 Å². The number of pyridine rings is 1. The third kappa shape index (κ3) is 3.75. The van der Waals surface area contributed by atoms with Gasteiger partial charge in [-0.2, -0.15) is 0 Å². The van der Waals surface area contributed by atoms with Crippen molar-refractivity contribution in [2.75, 3.05) is 37.4 Å². The lowest BCUT2D eigenvalue weighted by molar-refractivity contribution is 0.131. The summed E-state index contributed by atoms with van der Waals surface area (Å²) >= 11 is 6.07. The lowest BCUT2D eigenvalue weighted by Gasteiger charge is -2.19. The van der Waals surface area contributed by atoms with Crippen LogP contribution in [0.3, 0.4) is 0 Å². The molecule has 2 N–H and O–H groups in total. The van der Waals surface area contributed by atoms with Crippen molar-refractivity contribution in [3.05, 3.63) is 17.3 Å². The molecule has 1 aliphatic rings. The second-order valence-corrected chi connectivity index (χ2v) is 4.92. The van der Waals surface area contributed by atoms with Crippen molar-refractivity contribution in [2.24, 2.45) is 5.92 Å². The first-order valence-electron chi connectivity index (χ1n) is 5.86. The van der Waals surface area contributed by atoms with Crippen LogP contribution in [-0.4, -0.2) is 31.8 Å². The summed E-state index contributed by atoms with van der Waals surface area (Å²) in [7, 11) is 1.95. The molecule has 94 valence electrons. The average Bonchev–Trinajstić information content (AvgIpc) is 3.08. The van der Waals surface area contributed by atoms with Crippen LogP contribution in [0.4, 0.5) is 11.5 Å². The molecule has 0 unspecified atom stereocenters. The van der Waals surface area contributed by atoms with Gasteiger partial charge in [0.25, 0.3) is 0 Å². The predicted molar refractivity (Wildman–Crippen MR) is 70.5 cm³/mol. The molecule has 0 spiro atoms. The number of anilines is 2. The highest BCUT2D eigenvalue weighted by atomic mass is 35.5. The van der Waals surface area contributed by atoms with E-state index < -0.39 is 0 Å². The first-order valence-corrected chi connectivity index (χ1v) is 6.24. The minimum absolute atomic E-state index is 0.578. The van der Waals surface area contributed by atoms with Crippen LogP contribution >= 0.6 is 11.6 Å². The Morgan fingerprint density at radius 3 is 3.00 bits per heavy atom. The summed E-state index contributed by atoms with van der Waals surface area (Å²) in [6, 6.07) is 1.71. The Kier molecular flexibility index (Phi) is 4.07. The number of halogens is 1. The molecule has 5 heteroatoms. The third-order valence-corrected chi connectivity index (χ3v) is 3.10.